The van der Waals surface area contributed by atoms with Gasteiger partial charge in [0, 0.05) is 24.4 Å². The molecule has 3 atom stereocenters. The van der Waals surface area contributed by atoms with Crippen LogP contribution in [0.15, 0.2) is 72.8 Å². The molecule has 3 amide bonds. The molecule has 9 nitrogen and oxygen atoms in total. The Morgan fingerprint density at radius 3 is 2.55 bits per heavy atom. The summed E-state index contributed by atoms with van der Waals surface area (Å²) in [4.78, 5) is 40.5. The maximum absolute atomic E-state index is 13.4. The van der Waals surface area contributed by atoms with Gasteiger partial charge in [-0.3, -0.25) is 14.5 Å². The molecule has 40 heavy (non-hydrogen) atoms. The highest BCUT2D eigenvalue weighted by Gasteiger charge is 2.47. The van der Waals surface area contributed by atoms with Gasteiger partial charge in [-0.25, -0.2) is 9.18 Å². The summed E-state index contributed by atoms with van der Waals surface area (Å²) in [5.74, 6) is -0.505. The Balaban J connectivity index is 1.33. The molecule has 2 aliphatic rings. The Bertz CT molecular complexity index is 1360. The predicted molar refractivity (Wildman–Crippen MR) is 144 cm³/mol. The number of halogens is 1. The van der Waals surface area contributed by atoms with Crippen molar-refractivity contribution in [3.05, 3.63) is 95.3 Å². The van der Waals surface area contributed by atoms with Crippen LogP contribution in [-0.4, -0.2) is 55.2 Å². The van der Waals surface area contributed by atoms with Crippen molar-refractivity contribution in [3.63, 3.8) is 0 Å². The van der Waals surface area contributed by atoms with Gasteiger partial charge in [-0.2, -0.15) is 0 Å². The third-order valence-corrected chi connectivity index (χ3v) is 6.98. The minimum atomic E-state index is -0.962. The summed E-state index contributed by atoms with van der Waals surface area (Å²) in [5, 5.41) is 5.74. The third kappa shape index (κ3) is 6.23. The van der Waals surface area contributed by atoms with E-state index in [2.05, 4.69) is 10.6 Å². The summed E-state index contributed by atoms with van der Waals surface area (Å²) in [5.41, 5.74) is 2.22. The Labute approximate surface area is 231 Å². The van der Waals surface area contributed by atoms with E-state index >= 15 is 0 Å². The molecular weight excluding hydrogens is 517 g/mol. The summed E-state index contributed by atoms with van der Waals surface area (Å²) in [6.07, 6.45) is 0.179. The first-order valence-electron chi connectivity index (χ1n) is 13.1. The van der Waals surface area contributed by atoms with Crippen LogP contribution in [0, 0.1) is 5.82 Å². The lowest BCUT2D eigenvalue weighted by Crippen LogP contribution is -2.47. The number of amides is 3. The minimum Gasteiger partial charge on any atom is -0.497 e. The number of carbonyl (C=O) groups is 3. The van der Waals surface area contributed by atoms with E-state index in [-0.39, 0.29) is 24.5 Å². The first-order valence-corrected chi connectivity index (χ1v) is 13.1. The average Bonchev–Trinajstić information content (AvgIpc) is 3.61. The van der Waals surface area contributed by atoms with Crippen LogP contribution in [0.3, 0.4) is 0 Å². The summed E-state index contributed by atoms with van der Waals surface area (Å²) in [6, 6.07) is 18.4. The zero-order valence-corrected chi connectivity index (χ0v) is 22.0. The number of rotatable bonds is 9. The summed E-state index contributed by atoms with van der Waals surface area (Å²) in [7, 11) is 1.53. The van der Waals surface area contributed by atoms with Gasteiger partial charge in [-0.15, -0.1) is 0 Å². The lowest BCUT2D eigenvalue weighted by Gasteiger charge is -2.25. The van der Waals surface area contributed by atoms with Crippen molar-refractivity contribution in [2.24, 2.45) is 0 Å². The second-order valence-electron chi connectivity index (χ2n) is 9.69. The number of nitrogens with one attached hydrogen (secondary N) is 2. The Hall–Kier alpha value is -4.44. The number of carbonyl (C=O) groups excluding carboxylic acids is 3. The summed E-state index contributed by atoms with van der Waals surface area (Å²) in [6.45, 7) is 1.06. The van der Waals surface area contributed by atoms with Gasteiger partial charge in [0.15, 0.2) is 12.1 Å². The van der Waals surface area contributed by atoms with Crippen molar-refractivity contribution in [3.8, 4) is 5.75 Å². The van der Waals surface area contributed by atoms with E-state index in [1.807, 2.05) is 0 Å². The van der Waals surface area contributed by atoms with Crippen LogP contribution in [0.1, 0.15) is 40.4 Å². The number of hydrogen-bond acceptors (Lipinski definition) is 6. The fraction of sp³-hybridized carbons (Fsp3) is 0.300. The van der Waals surface area contributed by atoms with Crippen LogP contribution in [0.5, 0.6) is 5.75 Å². The predicted octanol–water partition coefficient (Wildman–Crippen LogP) is 4.44. The highest BCUT2D eigenvalue weighted by atomic mass is 19.1. The Morgan fingerprint density at radius 1 is 1.07 bits per heavy atom. The van der Waals surface area contributed by atoms with E-state index < -0.39 is 24.1 Å². The number of anilines is 1. The largest absolute Gasteiger partial charge is 0.497 e. The van der Waals surface area contributed by atoms with Crippen LogP contribution >= 0.6 is 0 Å². The molecule has 3 unspecified atom stereocenters. The number of methoxy groups -OCH3 is 1. The number of hydrogen-bond donors (Lipinski definition) is 2. The van der Waals surface area contributed by atoms with Crippen LogP contribution in [-0.2, 0) is 20.8 Å². The van der Waals surface area contributed by atoms with Crippen LogP contribution in [0.4, 0.5) is 14.9 Å². The molecule has 2 N–H and O–H groups in total. The van der Waals surface area contributed by atoms with Crippen molar-refractivity contribution in [1.29, 1.82) is 0 Å². The lowest BCUT2D eigenvalue weighted by molar-refractivity contribution is -0.126. The van der Waals surface area contributed by atoms with E-state index in [9.17, 15) is 18.8 Å². The highest BCUT2D eigenvalue weighted by Crippen LogP contribution is 2.34. The van der Waals surface area contributed by atoms with Crippen molar-refractivity contribution in [2.75, 3.05) is 25.6 Å². The fourth-order valence-electron chi connectivity index (χ4n) is 4.84. The molecule has 0 spiro atoms. The summed E-state index contributed by atoms with van der Waals surface area (Å²) >= 11 is 0. The van der Waals surface area contributed by atoms with Gasteiger partial charge in [0.2, 0.25) is 5.91 Å². The first kappa shape index (κ1) is 27.1. The molecule has 0 aromatic heterocycles. The van der Waals surface area contributed by atoms with Gasteiger partial charge in [0.05, 0.1) is 19.8 Å². The lowest BCUT2D eigenvalue weighted by atomic mass is 10.00. The van der Waals surface area contributed by atoms with Crippen molar-refractivity contribution < 1.29 is 33.0 Å². The molecule has 3 aromatic carbocycles. The number of nitrogens with zero attached hydrogens (tertiary/aromatic N) is 1. The summed E-state index contributed by atoms with van der Waals surface area (Å²) < 4.78 is 29.9. The zero-order chi connectivity index (χ0) is 28.1. The van der Waals surface area contributed by atoms with Gasteiger partial charge >= 0.3 is 6.09 Å². The molecule has 0 radical (unpaired) electrons. The number of ether oxygens (including phenoxy) is 3. The maximum atomic E-state index is 13.4. The maximum Gasteiger partial charge on any atom is 0.411 e. The van der Waals surface area contributed by atoms with Gasteiger partial charge in [-0.1, -0.05) is 30.3 Å². The topological polar surface area (TPSA) is 106 Å². The molecule has 0 bridgehead atoms. The molecule has 0 aliphatic carbocycles. The highest BCUT2D eigenvalue weighted by molar-refractivity contribution is 6.04. The smallest absolute Gasteiger partial charge is 0.411 e. The Kier molecular flexibility index (Phi) is 8.26. The molecule has 2 saturated heterocycles. The zero-order valence-electron chi connectivity index (χ0n) is 22.0. The monoisotopic (exact) mass is 547 g/mol. The van der Waals surface area contributed by atoms with E-state index in [1.54, 1.807) is 60.7 Å². The number of benzene rings is 3. The van der Waals surface area contributed by atoms with Crippen LogP contribution < -0.4 is 15.4 Å². The molecule has 10 heteroatoms. The quantitative estimate of drug-likeness (QED) is 0.410. The van der Waals surface area contributed by atoms with Crippen molar-refractivity contribution in [1.82, 2.24) is 10.2 Å². The van der Waals surface area contributed by atoms with E-state index in [0.29, 0.717) is 41.3 Å². The second-order valence-corrected chi connectivity index (χ2v) is 9.69. The number of cyclic esters (lactones) is 1. The Morgan fingerprint density at radius 2 is 1.85 bits per heavy atom. The molecule has 0 saturated carbocycles. The van der Waals surface area contributed by atoms with Gasteiger partial charge in [0.25, 0.3) is 5.91 Å². The standard InChI is InChI=1S/C30H30FN3O6/c1-38-24-5-2-4-21(16-24)28(35)33-23-13-9-20(10-14-23)27-26(29(36)32-17-25-6-3-15-39-25)34(30(37)40-27)18-19-7-11-22(31)12-8-19/h2,4-5,7-14,16,25-27H,3,6,15,17-18H2,1H3,(H,32,36)(H,33,35). The molecule has 2 heterocycles. The molecule has 208 valence electrons. The molecular formula is C30H30FN3O6. The van der Waals surface area contributed by atoms with E-state index in [0.717, 1.165) is 12.8 Å². The van der Waals surface area contributed by atoms with E-state index in [4.69, 9.17) is 14.2 Å². The third-order valence-electron chi connectivity index (χ3n) is 6.98. The first-order chi connectivity index (χ1) is 19.4. The average molecular weight is 548 g/mol. The molecule has 5 rings (SSSR count). The fourth-order valence-corrected chi connectivity index (χ4v) is 4.84. The van der Waals surface area contributed by atoms with Crippen molar-refractivity contribution >= 4 is 23.6 Å². The van der Waals surface area contributed by atoms with Gasteiger partial charge in [0.1, 0.15) is 11.6 Å². The molecule has 2 fully saturated rings. The minimum absolute atomic E-state index is 0.0709. The normalized spacial score (nSPS) is 20.2. The SMILES string of the molecule is COc1cccc(C(=O)Nc2ccc(C3OC(=O)N(Cc4ccc(F)cc4)C3C(=O)NCC3CCCO3)cc2)c1. The molecule has 3 aromatic rings. The second kappa shape index (κ2) is 12.2. The van der Waals surface area contributed by atoms with Gasteiger partial charge in [-0.05, 0) is 66.4 Å². The van der Waals surface area contributed by atoms with Crippen LogP contribution in [0.2, 0.25) is 0 Å². The van der Waals surface area contributed by atoms with Crippen LogP contribution in [0.25, 0.3) is 0 Å². The van der Waals surface area contributed by atoms with Crippen molar-refractivity contribution in [2.45, 2.75) is 37.6 Å². The molecule has 2 aliphatic heterocycles. The van der Waals surface area contributed by atoms with E-state index in [1.165, 1.54) is 24.1 Å². The van der Waals surface area contributed by atoms with Gasteiger partial charge < -0.3 is 24.8 Å².